The topological polar surface area (TPSA) is 46.5 Å². The number of aliphatic carboxylic acids is 1. The highest BCUT2D eigenvalue weighted by Crippen LogP contribution is 2.21. The quantitative estimate of drug-likeness (QED) is 0.779. The molecule has 1 rings (SSSR count). The highest BCUT2D eigenvalue weighted by atomic mass is 19.1. The van der Waals surface area contributed by atoms with Gasteiger partial charge in [-0.3, -0.25) is 0 Å². The van der Waals surface area contributed by atoms with Gasteiger partial charge in [-0.25, -0.2) is 13.6 Å². The molecule has 80 valence electrons. The van der Waals surface area contributed by atoms with Gasteiger partial charge in [0.05, 0.1) is 5.57 Å². The summed E-state index contributed by atoms with van der Waals surface area (Å²) in [6, 6.07) is 3.22. The molecule has 0 aliphatic carbocycles. The predicted molar refractivity (Wildman–Crippen MR) is 48.6 cm³/mol. The number of carboxylic acids is 1. The highest BCUT2D eigenvalue weighted by Gasteiger charge is 2.11. The maximum atomic E-state index is 13.0. The average molecular weight is 214 g/mol. The Morgan fingerprint density at radius 3 is 2.40 bits per heavy atom. The molecule has 0 aliphatic rings. The first-order valence-corrected chi connectivity index (χ1v) is 4.00. The van der Waals surface area contributed by atoms with Crippen LogP contribution < -0.4 is 4.74 Å². The van der Waals surface area contributed by atoms with Crippen LogP contribution in [0.2, 0.25) is 0 Å². The molecule has 0 radical (unpaired) electrons. The molecule has 0 saturated carbocycles. The van der Waals surface area contributed by atoms with Crippen LogP contribution in [0.25, 0.3) is 0 Å². The zero-order chi connectivity index (χ0) is 11.4. The van der Waals surface area contributed by atoms with Crippen LogP contribution in [-0.2, 0) is 4.79 Å². The molecule has 0 atom stereocenters. The van der Waals surface area contributed by atoms with E-state index in [9.17, 15) is 13.6 Å². The molecule has 0 heterocycles. The van der Waals surface area contributed by atoms with Gasteiger partial charge in [0, 0.05) is 0 Å². The van der Waals surface area contributed by atoms with Gasteiger partial charge in [-0.1, -0.05) is 12.6 Å². The highest BCUT2D eigenvalue weighted by molar-refractivity contribution is 5.86. The summed E-state index contributed by atoms with van der Waals surface area (Å²) in [6.45, 7) is 2.69. The van der Waals surface area contributed by atoms with Crippen molar-refractivity contribution in [1.29, 1.82) is 0 Å². The predicted octanol–water partition coefficient (Wildman–Crippen LogP) is 1.98. The lowest BCUT2D eigenvalue weighted by Crippen LogP contribution is -2.10. The molecule has 0 spiro atoms. The van der Waals surface area contributed by atoms with Crippen molar-refractivity contribution in [2.24, 2.45) is 0 Å². The molecule has 3 nitrogen and oxygen atoms in total. The number of benzene rings is 1. The summed E-state index contributed by atoms with van der Waals surface area (Å²) >= 11 is 0. The summed E-state index contributed by atoms with van der Waals surface area (Å²) < 4.78 is 30.6. The van der Waals surface area contributed by atoms with Crippen LogP contribution in [0.1, 0.15) is 0 Å². The Kier molecular flexibility index (Phi) is 3.38. The first-order valence-electron chi connectivity index (χ1n) is 4.00. The Morgan fingerprint density at radius 2 is 1.93 bits per heavy atom. The van der Waals surface area contributed by atoms with E-state index < -0.39 is 30.0 Å². The molecule has 0 saturated heterocycles. The number of halogens is 2. The molecule has 0 bridgehead atoms. The fourth-order valence-corrected chi connectivity index (χ4v) is 0.841. The van der Waals surface area contributed by atoms with Crippen molar-refractivity contribution < 1.29 is 23.4 Å². The van der Waals surface area contributed by atoms with E-state index in [1.165, 1.54) is 6.07 Å². The summed E-state index contributed by atoms with van der Waals surface area (Å²) in [5.41, 5.74) is -0.280. The second-order valence-corrected chi connectivity index (χ2v) is 2.75. The molecule has 0 unspecified atom stereocenters. The number of hydrogen-bond acceptors (Lipinski definition) is 2. The van der Waals surface area contributed by atoms with Crippen molar-refractivity contribution in [3.63, 3.8) is 0 Å². The molecule has 1 N–H and O–H groups in total. The van der Waals surface area contributed by atoms with Crippen molar-refractivity contribution in [1.82, 2.24) is 0 Å². The maximum Gasteiger partial charge on any atom is 0.334 e. The molecule has 1 aromatic rings. The number of para-hydroxylation sites is 1. The second-order valence-electron chi connectivity index (χ2n) is 2.75. The third-order valence-corrected chi connectivity index (χ3v) is 1.61. The molecule has 1 aromatic carbocycles. The Bertz CT molecular complexity index is 381. The fourth-order valence-electron chi connectivity index (χ4n) is 0.841. The van der Waals surface area contributed by atoms with Crippen molar-refractivity contribution in [2.75, 3.05) is 6.61 Å². The Morgan fingerprint density at radius 1 is 1.40 bits per heavy atom. The smallest absolute Gasteiger partial charge is 0.334 e. The van der Waals surface area contributed by atoms with Gasteiger partial charge in [0.15, 0.2) is 17.4 Å². The lowest BCUT2D eigenvalue weighted by Gasteiger charge is -2.07. The van der Waals surface area contributed by atoms with Crippen LogP contribution in [0.5, 0.6) is 5.75 Å². The Balaban J connectivity index is 2.73. The minimum atomic E-state index is -1.27. The zero-order valence-corrected chi connectivity index (χ0v) is 7.67. The van der Waals surface area contributed by atoms with Crippen molar-refractivity contribution in [3.8, 4) is 5.75 Å². The van der Waals surface area contributed by atoms with E-state index >= 15 is 0 Å². The first-order chi connectivity index (χ1) is 7.02. The summed E-state index contributed by atoms with van der Waals surface area (Å²) in [5.74, 6) is -3.63. The largest absolute Gasteiger partial charge is 0.483 e. The van der Waals surface area contributed by atoms with Gasteiger partial charge < -0.3 is 9.84 Å². The second kappa shape index (κ2) is 4.54. The molecule has 0 aliphatic heterocycles. The van der Waals surface area contributed by atoms with Gasteiger partial charge in [-0.2, -0.15) is 0 Å². The maximum absolute atomic E-state index is 13.0. The van der Waals surface area contributed by atoms with E-state index in [1.54, 1.807) is 0 Å². The number of carbonyl (C=O) groups is 1. The number of hydrogen-bond donors (Lipinski definition) is 1. The monoisotopic (exact) mass is 214 g/mol. The molecule has 15 heavy (non-hydrogen) atoms. The summed E-state index contributed by atoms with van der Waals surface area (Å²) in [4.78, 5) is 10.3. The Hall–Kier alpha value is -1.91. The number of carboxylic acid groups (broad SMARTS) is 1. The lowest BCUT2D eigenvalue weighted by atomic mass is 10.3. The van der Waals surface area contributed by atoms with E-state index in [4.69, 9.17) is 5.11 Å². The molecular formula is C10H8F2O3. The minimum absolute atomic E-state index is 0.280. The zero-order valence-electron chi connectivity index (χ0n) is 7.67. The van der Waals surface area contributed by atoms with E-state index in [-0.39, 0.29) is 5.57 Å². The van der Waals surface area contributed by atoms with Crippen molar-refractivity contribution >= 4 is 5.97 Å². The SMILES string of the molecule is C=C(COc1c(F)cccc1F)C(=O)O. The van der Waals surface area contributed by atoms with Crippen LogP contribution >= 0.6 is 0 Å². The summed E-state index contributed by atoms with van der Waals surface area (Å²) in [7, 11) is 0. The third kappa shape index (κ3) is 2.77. The van der Waals surface area contributed by atoms with Gasteiger partial charge in [0.1, 0.15) is 6.61 Å². The molecular weight excluding hydrogens is 206 g/mol. The van der Waals surface area contributed by atoms with E-state index in [0.29, 0.717) is 0 Å². The van der Waals surface area contributed by atoms with E-state index in [0.717, 1.165) is 12.1 Å². The number of ether oxygens (including phenoxy) is 1. The van der Waals surface area contributed by atoms with Gasteiger partial charge >= 0.3 is 5.97 Å². The van der Waals surface area contributed by atoms with Gasteiger partial charge in [-0.05, 0) is 12.1 Å². The summed E-state index contributed by atoms with van der Waals surface area (Å²) in [6.07, 6.45) is 0. The Labute approximate surface area is 84.6 Å². The van der Waals surface area contributed by atoms with Crippen LogP contribution in [0.15, 0.2) is 30.4 Å². The van der Waals surface area contributed by atoms with Gasteiger partial charge in [0.25, 0.3) is 0 Å². The van der Waals surface area contributed by atoms with Crippen molar-refractivity contribution in [2.45, 2.75) is 0 Å². The van der Waals surface area contributed by atoms with Gasteiger partial charge in [0.2, 0.25) is 0 Å². The fraction of sp³-hybridized carbons (Fsp3) is 0.100. The van der Waals surface area contributed by atoms with Crippen LogP contribution in [0.3, 0.4) is 0 Å². The lowest BCUT2D eigenvalue weighted by molar-refractivity contribution is -0.133. The van der Waals surface area contributed by atoms with Crippen LogP contribution in [0, 0.1) is 11.6 Å². The van der Waals surface area contributed by atoms with E-state index in [2.05, 4.69) is 11.3 Å². The molecule has 5 heteroatoms. The third-order valence-electron chi connectivity index (χ3n) is 1.61. The molecule has 0 fully saturated rings. The van der Waals surface area contributed by atoms with E-state index in [1.807, 2.05) is 0 Å². The molecule has 0 aromatic heterocycles. The van der Waals surface area contributed by atoms with Crippen LogP contribution in [-0.4, -0.2) is 17.7 Å². The van der Waals surface area contributed by atoms with Crippen LogP contribution in [0.4, 0.5) is 8.78 Å². The average Bonchev–Trinajstić information content (AvgIpc) is 2.16. The molecule has 0 amide bonds. The minimum Gasteiger partial charge on any atom is -0.483 e. The number of rotatable bonds is 4. The van der Waals surface area contributed by atoms with Gasteiger partial charge in [-0.15, -0.1) is 0 Å². The standard InChI is InChI=1S/C10H8F2O3/c1-6(10(13)14)5-15-9-7(11)3-2-4-8(9)12/h2-4H,1,5H2,(H,13,14). The summed E-state index contributed by atoms with van der Waals surface area (Å²) in [5, 5.41) is 8.43. The first kappa shape index (κ1) is 11.2. The van der Waals surface area contributed by atoms with Crippen molar-refractivity contribution in [3.05, 3.63) is 42.0 Å². The normalized spacial score (nSPS) is 9.73.